The molecule has 0 atom stereocenters. The minimum atomic E-state index is -0.490. The lowest BCUT2D eigenvalue weighted by molar-refractivity contribution is -0.384. The number of nitro benzene ring substituents is 1. The minimum absolute atomic E-state index is 0.0645. The Morgan fingerprint density at radius 1 is 1.09 bits per heavy atom. The number of amides is 1. The Hall–Kier alpha value is -3.78. The van der Waals surface area contributed by atoms with E-state index >= 15 is 0 Å². The molecule has 1 amide bonds. The molecule has 0 unspecified atom stereocenters. The standard InChI is InChI=1S/C27H26FN3O4/c1-35-23-4-2-3-19(15-23)17-29-13-11-27(12-14-29)18-30(25-10-7-21(28)16-24(25)27)26(32)20-5-8-22(9-6-20)31(33)34/h2-10,15-16H,11-14,17-18H2,1H3. The predicted octanol–water partition coefficient (Wildman–Crippen LogP) is 4.94. The van der Waals surface area contributed by atoms with Crippen LogP contribution in [0.3, 0.4) is 0 Å². The van der Waals surface area contributed by atoms with E-state index in [0.29, 0.717) is 12.1 Å². The zero-order valence-corrected chi connectivity index (χ0v) is 19.4. The number of rotatable bonds is 5. The molecule has 0 aromatic heterocycles. The third kappa shape index (κ3) is 4.37. The number of carbonyl (C=O) groups excluding carboxylic acids is 1. The van der Waals surface area contributed by atoms with E-state index in [4.69, 9.17) is 4.74 Å². The van der Waals surface area contributed by atoms with E-state index in [1.165, 1.54) is 35.9 Å². The van der Waals surface area contributed by atoms with Crippen LogP contribution in [0.15, 0.2) is 66.7 Å². The molecule has 2 heterocycles. The van der Waals surface area contributed by atoms with E-state index < -0.39 is 4.92 Å². The number of anilines is 1. The number of nitrogens with zero attached hydrogens (tertiary/aromatic N) is 3. The summed E-state index contributed by atoms with van der Waals surface area (Å²) >= 11 is 0. The Morgan fingerprint density at radius 2 is 1.83 bits per heavy atom. The van der Waals surface area contributed by atoms with E-state index in [2.05, 4.69) is 11.0 Å². The van der Waals surface area contributed by atoms with Gasteiger partial charge >= 0.3 is 0 Å². The maximum atomic E-state index is 14.3. The Morgan fingerprint density at radius 3 is 2.51 bits per heavy atom. The van der Waals surface area contributed by atoms with Crippen LogP contribution in [0.1, 0.15) is 34.3 Å². The molecule has 2 aliphatic heterocycles. The quantitative estimate of drug-likeness (QED) is 0.386. The maximum absolute atomic E-state index is 14.3. The molecule has 180 valence electrons. The number of methoxy groups -OCH3 is 1. The molecule has 35 heavy (non-hydrogen) atoms. The van der Waals surface area contributed by atoms with Crippen molar-refractivity contribution in [3.05, 3.63) is 99.4 Å². The Bertz CT molecular complexity index is 1270. The van der Waals surface area contributed by atoms with E-state index in [9.17, 15) is 19.3 Å². The summed E-state index contributed by atoms with van der Waals surface area (Å²) in [5.41, 5.74) is 2.75. The van der Waals surface area contributed by atoms with Crippen LogP contribution in [0.4, 0.5) is 15.8 Å². The first-order chi connectivity index (χ1) is 16.9. The van der Waals surface area contributed by atoms with E-state index in [-0.39, 0.29) is 22.8 Å². The summed E-state index contributed by atoms with van der Waals surface area (Å²) in [5, 5.41) is 11.0. The molecule has 0 bridgehead atoms. The van der Waals surface area contributed by atoms with Crippen molar-refractivity contribution in [3.8, 4) is 5.75 Å². The van der Waals surface area contributed by atoms with Crippen LogP contribution in [0.25, 0.3) is 0 Å². The van der Waals surface area contributed by atoms with Gasteiger partial charge in [0.25, 0.3) is 11.6 Å². The SMILES string of the molecule is COc1cccc(CN2CCC3(CC2)CN(C(=O)c2ccc([N+](=O)[O-])cc2)c2ccc(F)cc23)c1. The highest BCUT2D eigenvalue weighted by Crippen LogP contribution is 2.48. The third-order valence-electron chi connectivity index (χ3n) is 7.21. The van der Waals surface area contributed by atoms with Crippen LogP contribution in [0.2, 0.25) is 0 Å². The number of benzene rings is 3. The molecule has 0 aliphatic carbocycles. The van der Waals surface area contributed by atoms with Crippen molar-refractivity contribution in [3.63, 3.8) is 0 Å². The molecule has 7 nitrogen and oxygen atoms in total. The Balaban J connectivity index is 1.36. The van der Waals surface area contributed by atoms with Gasteiger partial charge < -0.3 is 9.64 Å². The number of non-ortho nitro benzene ring substituents is 1. The lowest BCUT2D eigenvalue weighted by atomic mass is 9.74. The highest BCUT2D eigenvalue weighted by Gasteiger charge is 2.46. The second-order valence-electron chi connectivity index (χ2n) is 9.26. The molecular formula is C27H26FN3O4. The summed E-state index contributed by atoms with van der Waals surface area (Å²) in [6.07, 6.45) is 1.61. The van der Waals surface area contributed by atoms with E-state index in [1.807, 2.05) is 18.2 Å². The van der Waals surface area contributed by atoms with Gasteiger partial charge in [0.1, 0.15) is 11.6 Å². The van der Waals surface area contributed by atoms with Crippen LogP contribution < -0.4 is 9.64 Å². The summed E-state index contributed by atoms with van der Waals surface area (Å²) in [5.74, 6) is 0.284. The lowest BCUT2D eigenvalue weighted by Gasteiger charge is -2.40. The first-order valence-corrected chi connectivity index (χ1v) is 11.6. The summed E-state index contributed by atoms with van der Waals surface area (Å²) in [6, 6.07) is 18.3. The number of hydrogen-bond donors (Lipinski definition) is 0. The van der Waals surface area contributed by atoms with Gasteiger partial charge in [-0.25, -0.2) is 4.39 Å². The van der Waals surface area contributed by atoms with Gasteiger partial charge in [-0.05, 0) is 79.5 Å². The minimum Gasteiger partial charge on any atom is -0.497 e. The van der Waals surface area contributed by atoms with E-state index in [0.717, 1.165) is 49.5 Å². The average Bonchev–Trinajstić information content (AvgIpc) is 3.18. The van der Waals surface area contributed by atoms with Crippen LogP contribution in [0.5, 0.6) is 5.75 Å². The van der Waals surface area contributed by atoms with Gasteiger partial charge in [0.15, 0.2) is 0 Å². The molecule has 0 N–H and O–H groups in total. The first-order valence-electron chi connectivity index (χ1n) is 11.6. The number of halogens is 1. The highest BCUT2D eigenvalue weighted by atomic mass is 19.1. The monoisotopic (exact) mass is 475 g/mol. The van der Waals surface area contributed by atoms with E-state index in [1.54, 1.807) is 24.1 Å². The molecule has 0 radical (unpaired) electrons. The number of nitro groups is 1. The first kappa shape index (κ1) is 23.0. The molecule has 2 aliphatic rings. The predicted molar refractivity (Wildman–Crippen MR) is 130 cm³/mol. The van der Waals surface area contributed by atoms with Gasteiger partial charge in [-0.2, -0.15) is 0 Å². The largest absolute Gasteiger partial charge is 0.497 e. The summed E-state index contributed by atoms with van der Waals surface area (Å²) in [4.78, 5) is 28.0. The highest BCUT2D eigenvalue weighted by molar-refractivity contribution is 6.07. The van der Waals surface area contributed by atoms with Crippen LogP contribution in [-0.2, 0) is 12.0 Å². The fourth-order valence-electron chi connectivity index (χ4n) is 5.30. The zero-order chi connectivity index (χ0) is 24.6. The topological polar surface area (TPSA) is 75.9 Å². The molecule has 1 fully saturated rings. The van der Waals surface area contributed by atoms with Crippen LogP contribution >= 0.6 is 0 Å². The fourth-order valence-corrected chi connectivity index (χ4v) is 5.30. The average molecular weight is 476 g/mol. The third-order valence-corrected chi connectivity index (χ3v) is 7.21. The zero-order valence-electron chi connectivity index (χ0n) is 19.4. The van der Waals surface area contributed by atoms with Crippen molar-refractivity contribution in [2.75, 3.05) is 31.6 Å². The maximum Gasteiger partial charge on any atom is 0.269 e. The smallest absolute Gasteiger partial charge is 0.269 e. The van der Waals surface area contributed by atoms with Crippen LogP contribution in [0, 0.1) is 15.9 Å². The summed E-state index contributed by atoms with van der Waals surface area (Å²) in [6.45, 7) is 2.92. The molecular weight excluding hydrogens is 449 g/mol. The van der Waals surface area contributed by atoms with Crippen molar-refractivity contribution >= 4 is 17.3 Å². The number of carbonyl (C=O) groups is 1. The molecule has 5 rings (SSSR count). The number of fused-ring (bicyclic) bond motifs is 2. The van der Waals surface area contributed by atoms with Crippen molar-refractivity contribution < 1.29 is 18.8 Å². The van der Waals surface area contributed by atoms with Gasteiger partial charge in [0.2, 0.25) is 0 Å². The molecule has 3 aromatic carbocycles. The number of hydrogen-bond acceptors (Lipinski definition) is 5. The number of likely N-dealkylation sites (tertiary alicyclic amines) is 1. The summed E-state index contributed by atoms with van der Waals surface area (Å²) < 4.78 is 19.7. The molecule has 3 aromatic rings. The fraction of sp³-hybridized carbons (Fsp3) is 0.296. The number of ether oxygens (including phenoxy) is 1. The van der Waals surface area contributed by atoms with Gasteiger partial charge in [0, 0.05) is 41.9 Å². The van der Waals surface area contributed by atoms with Crippen molar-refractivity contribution in [1.82, 2.24) is 4.90 Å². The number of piperidine rings is 1. The Kier molecular flexibility index (Phi) is 5.98. The van der Waals surface area contributed by atoms with Crippen LogP contribution in [-0.4, -0.2) is 42.5 Å². The molecule has 1 spiro atoms. The van der Waals surface area contributed by atoms with Crippen molar-refractivity contribution in [2.24, 2.45) is 0 Å². The second kappa shape index (κ2) is 9.11. The normalized spacial score (nSPS) is 16.8. The molecule has 1 saturated heterocycles. The van der Waals surface area contributed by atoms with Gasteiger partial charge in [-0.1, -0.05) is 12.1 Å². The Labute approximate surface area is 202 Å². The summed E-state index contributed by atoms with van der Waals surface area (Å²) in [7, 11) is 1.66. The van der Waals surface area contributed by atoms with Gasteiger partial charge in [-0.15, -0.1) is 0 Å². The van der Waals surface area contributed by atoms with Crippen molar-refractivity contribution in [1.29, 1.82) is 0 Å². The van der Waals surface area contributed by atoms with Crippen molar-refractivity contribution in [2.45, 2.75) is 24.8 Å². The van der Waals surface area contributed by atoms with Gasteiger partial charge in [0.05, 0.1) is 12.0 Å². The molecule has 0 saturated carbocycles. The van der Waals surface area contributed by atoms with Gasteiger partial charge in [-0.3, -0.25) is 19.8 Å². The lowest BCUT2D eigenvalue weighted by Crippen LogP contribution is -2.45. The molecule has 8 heteroatoms. The second-order valence-corrected chi connectivity index (χ2v) is 9.26.